The number of allylic oxidation sites excluding steroid dienone is 1. The maximum absolute atomic E-state index is 3.69. The van der Waals surface area contributed by atoms with Crippen LogP contribution in [0.3, 0.4) is 0 Å². The summed E-state index contributed by atoms with van der Waals surface area (Å²) in [6.45, 7) is 9.37. The van der Waals surface area contributed by atoms with Crippen molar-refractivity contribution in [1.29, 1.82) is 0 Å². The highest BCUT2D eigenvalue weighted by molar-refractivity contribution is 4.74. The predicted octanol–water partition coefficient (Wildman–Crippen LogP) is 2.03. The van der Waals surface area contributed by atoms with Gasteiger partial charge in [0.25, 0.3) is 0 Å². The number of rotatable bonds is 2. The van der Waals surface area contributed by atoms with E-state index >= 15 is 0 Å². The molecule has 0 amide bonds. The lowest BCUT2D eigenvalue weighted by Crippen LogP contribution is -1.80. The molecule has 0 heterocycles. The smallest absolute Gasteiger partial charge is 0.0910 e. The van der Waals surface area contributed by atoms with Gasteiger partial charge in [0.2, 0.25) is 0 Å². The van der Waals surface area contributed by atoms with Gasteiger partial charge in [0.05, 0.1) is 13.3 Å². The summed E-state index contributed by atoms with van der Waals surface area (Å²) in [4.78, 5) is 0. The van der Waals surface area contributed by atoms with E-state index in [0.29, 0.717) is 5.92 Å². The summed E-state index contributed by atoms with van der Waals surface area (Å²) in [6, 6.07) is 0. The fourth-order valence-electron chi connectivity index (χ4n) is 0.118. The monoisotopic (exact) mass is 83.1 g/mol. The Hall–Kier alpha value is -0.390. The van der Waals surface area contributed by atoms with Gasteiger partial charge in [0.15, 0.2) is 0 Å². The Morgan fingerprint density at radius 1 is 2.00 bits per heavy atom. The Labute approximate surface area is 39.9 Å². The average molecular weight is 83.2 g/mol. The summed E-state index contributed by atoms with van der Waals surface area (Å²) in [5.74, 6) is 0.588. The molecule has 0 radical (unpaired) electrons. The molecule has 0 aliphatic rings. The third-order valence-corrected chi connectivity index (χ3v) is 0.858. The minimum absolute atomic E-state index is 0.588. The molecule has 0 heteroatoms. The van der Waals surface area contributed by atoms with Crippen LogP contribution in [0.25, 0.3) is 0 Å². The van der Waals surface area contributed by atoms with Crippen molar-refractivity contribution in [2.45, 2.75) is 13.3 Å². The Morgan fingerprint density at radius 3 is 2.50 bits per heavy atom. The van der Waals surface area contributed by atoms with Crippen LogP contribution in [0.15, 0.2) is 12.7 Å². The predicted molar refractivity (Wildman–Crippen MR) is 29.3 cm³/mol. The fraction of sp³-hybridized carbons (Fsp3) is 0.500. The van der Waals surface area contributed by atoms with Crippen LogP contribution in [0.2, 0.25) is 0 Å². The molecule has 0 aromatic rings. The second kappa shape index (κ2) is 2.83. The van der Waals surface area contributed by atoms with Gasteiger partial charge >= 0.3 is 0 Å². The van der Waals surface area contributed by atoms with Gasteiger partial charge in [0, 0.05) is 5.92 Å². The molecule has 0 bridgehead atoms. The number of hydrogen-bond acceptors (Lipinski definition) is 0. The molecular weight excluding hydrogens is 72.1 g/mol. The lowest BCUT2D eigenvalue weighted by molar-refractivity contribution is 0.744. The minimum atomic E-state index is 0.588. The van der Waals surface area contributed by atoms with Crippen molar-refractivity contribution >= 4 is 0 Å². The molecule has 0 aromatic carbocycles. The summed E-state index contributed by atoms with van der Waals surface area (Å²) in [5, 5.41) is 0. The summed E-state index contributed by atoms with van der Waals surface area (Å²) >= 11 is 0. The molecule has 1 unspecified atom stereocenters. The van der Waals surface area contributed by atoms with Gasteiger partial charge in [-0.1, -0.05) is 13.0 Å². The minimum Gasteiger partial charge on any atom is -0.103 e. The van der Waals surface area contributed by atoms with Gasteiger partial charge in [-0.15, -0.1) is 6.58 Å². The van der Waals surface area contributed by atoms with Gasteiger partial charge in [-0.3, -0.25) is 0 Å². The van der Waals surface area contributed by atoms with Crippen LogP contribution in [0.1, 0.15) is 13.3 Å². The molecule has 0 spiro atoms. The Balaban J connectivity index is 2.96. The second-order valence-electron chi connectivity index (χ2n) is 1.50. The molecule has 6 heavy (non-hydrogen) atoms. The van der Waals surface area contributed by atoms with Gasteiger partial charge in [-0.2, -0.15) is 0 Å². The van der Waals surface area contributed by atoms with Crippen molar-refractivity contribution in [2.24, 2.45) is 5.92 Å². The van der Waals surface area contributed by atoms with E-state index in [1.165, 1.54) is 0 Å². The first-order chi connectivity index (χ1) is 2.81. The van der Waals surface area contributed by atoms with Gasteiger partial charge in [-0.25, -0.2) is 0 Å². The molecule has 0 N–H and O–H groups in total. The van der Waals surface area contributed by atoms with Crippen LogP contribution in [0, 0.1) is 12.8 Å². The van der Waals surface area contributed by atoms with Gasteiger partial charge in [-0.05, 0) is 0 Å². The van der Waals surface area contributed by atoms with Crippen LogP contribution < -0.4 is 0 Å². The standard InChI is InChI=1S/C6H11/c1-4-6(3)5-2/h4,6H,1-2,5H2,3H3/q+1. The van der Waals surface area contributed by atoms with Crippen molar-refractivity contribution in [3.63, 3.8) is 0 Å². The quantitative estimate of drug-likeness (QED) is 0.354. The Bertz CT molecular complexity index is 37.3. The van der Waals surface area contributed by atoms with Crippen LogP contribution in [0.4, 0.5) is 0 Å². The highest BCUT2D eigenvalue weighted by Crippen LogP contribution is 1.97. The van der Waals surface area contributed by atoms with E-state index in [1.54, 1.807) is 0 Å². The molecule has 34 valence electrons. The van der Waals surface area contributed by atoms with Gasteiger partial charge in [0.1, 0.15) is 0 Å². The molecule has 1 atom stereocenters. The maximum atomic E-state index is 3.69. The molecule has 0 saturated heterocycles. The highest BCUT2D eigenvalue weighted by atomic mass is 13.9. The highest BCUT2D eigenvalue weighted by Gasteiger charge is 1.90. The maximum Gasteiger partial charge on any atom is 0.0910 e. The first kappa shape index (κ1) is 5.61. The SMILES string of the molecule is C=CC(C)C[CH2+]. The molecule has 0 aliphatic heterocycles. The van der Waals surface area contributed by atoms with E-state index in [-0.39, 0.29) is 0 Å². The molecular formula is C6H11+. The van der Waals surface area contributed by atoms with Crippen molar-refractivity contribution < 1.29 is 0 Å². The molecule has 0 nitrogen and oxygen atoms in total. The van der Waals surface area contributed by atoms with Crippen LogP contribution in [0.5, 0.6) is 0 Å². The third kappa shape index (κ3) is 1.89. The first-order valence-electron chi connectivity index (χ1n) is 2.23. The molecule has 0 fully saturated rings. The zero-order valence-electron chi connectivity index (χ0n) is 4.28. The molecule has 0 saturated carbocycles. The average Bonchev–Trinajstić information content (AvgIpc) is 1.65. The van der Waals surface area contributed by atoms with Crippen LogP contribution in [-0.4, -0.2) is 0 Å². The second-order valence-corrected chi connectivity index (χ2v) is 1.50. The van der Waals surface area contributed by atoms with E-state index in [9.17, 15) is 0 Å². The zero-order valence-corrected chi connectivity index (χ0v) is 4.28. The lowest BCUT2D eigenvalue weighted by Gasteiger charge is -1.88. The first-order valence-corrected chi connectivity index (χ1v) is 2.23. The summed E-state index contributed by atoms with van der Waals surface area (Å²) < 4.78 is 0. The lowest BCUT2D eigenvalue weighted by atomic mass is 10.1. The van der Waals surface area contributed by atoms with E-state index in [4.69, 9.17) is 0 Å². The van der Waals surface area contributed by atoms with E-state index in [2.05, 4.69) is 20.4 Å². The molecule has 0 aromatic heterocycles. The largest absolute Gasteiger partial charge is 0.103 e. The van der Waals surface area contributed by atoms with Crippen LogP contribution in [-0.2, 0) is 0 Å². The summed E-state index contributed by atoms with van der Waals surface area (Å²) in [5.41, 5.74) is 0. The Morgan fingerprint density at radius 2 is 2.50 bits per heavy atom. The van der Waals surface area contributed by atoms with E-state index < -0.39 is 0 Å². The van der Waals surface area contributed by atoms with Gasteiger partial charge < -0.3 is 0 Å². The topological polar surface area (TPSA) is 0 Å². The van der Waals surface area contributed by atoms with Crippen molar-refractivity contribution in [3.05, 3.63) is 19.6 Å². The molecule has 0 aliphatic carbocycles. The normalized spacial score (nSPS) is 13.5. The fourth-order valence-corrected chi connectivity index (χ4v) is 0.118. The summed E-state index contributed by atoms with van der Waals surface area (Å²) in [7, 11) is 0. The number of hydrogen-bond donors (Lipinski definition) is 0. The third-order valence-electron chi connectivity index (χ3n) is 0.858. The van der Waals surface area contributed by atoms with Crippen LogP contribution >= 0.6 is 0 Å². The summed E-state index contributed by atoms with van der Waals surface area (Å²) in [6.07, 6.45) is 2.87. The zero-order chi connectivity index (χ0) is 4.99. The Kier molecular flexibility index (Phi) is 2.64. The van der Waals surface area contributed by atoms with Crippen molar-refractivity contribution in [1.82, 2.24) is 0 Å². The van der Waals surface area contributed by atoms with E-state index in [0.717, 1.165) is 6.42 Å². The van der Waals surface area contributed by atoms with Crippen molar-refractivity contribution in [3.8, 4) is 0 Å². The van der Waals surface area contributed by atoms with E-state index in [1.807, 2.05) is 6.08 Å². The molecule has 0 rings (SSSR count). The van der Waals surface area contributed by atoms with Crippen molar-refractivity contribution in [2.75, 3.05) is 0 Å².